The SMILES string of the molecule is COc1ccc(Cl)cc1NC(=O)c1c(NCc2cccs2)sc2c1CCCC2. The van der Waals surface area contributed by atoms with Crippen LogP contribution in [0.25, 0.3) is 0 Å². The molecule has 1 aliphatic carbocycles. The summed E-state index contributed by atoms with van der Waals surface area (Å²) >= 11 is 9.54. The molecule has 3 aromatic rings. The standard InChI is InChI=1S/C21H21ClN2O2S2/c1-26-17-9-8-13(22)11-16(17)24-20(25)19-15-6-2-3-7-18(15)28-21(19)23-12-14-5-4-10-27-14/h4-5,8-11,23H,2-3,6-7,12H2,1H3,(H,24,25). The van der Waals surface area contributed by atoms with Crippen molar-refractivity contribution in [2.45, 2.75) is 32.2 Å². The average Bonchev–Trinajstić information content (AvgIpc) is 3.33. The molecule has 0 aliphatic heterocycles. The quantitative estimate of drug-likeness (QED) is 0.486. The summed E-state index contributed by atoms with van der Waals surface area (Å²) in [5, 5.41) is 10.1. The third-order valence-electron chi connectivity index (χ3n) is 4.81. The van der Waals surface area contributed by atoms with Crippen LogP contribution in [0.3, 0.4) is 0 Å². The van der Waals surface area contributed by atoms with Crippen LogP contribution in [0, 0.1) is 0 Å². The van der Waals surface area contributed by atoms with Crippen molar-refractivity contribution < 1.29 is 9.53 Å². The molecular weight excluding hydrogens is 412 g/mol. The lowest BCUT2D eigenvalue weighted by Crippen LogP contribution is -2.17. The van der Waals surface area contributed by atoms with Gasteiger partial charge in [0.2, 0.25) is 0 Å². The van der Waals surface area contributed by atoms with Crippen LogP contribution in [0.1, 0.15) is 38.5 Å². The summed E-state index contributed by atoms with van der Waals surface area (Å²) in [5.74, 6) is 0.476. The zero-order valence-electron chi connectivity index (χ0n) is 15.5. The van der Waals surface area contributed by atoms with Gasteiger partial charge in [0, 0.05) is 14.8 Å². The van der Waals surface area contributed by atoms with E-state index in [1.165, 1.54) is 21.7 Å². The topological polar surface area (TPSA) is 50.4 Å². The minimum Gasteiger partial charge on any atom is -0.495 e. The molecule has 0 saturated carbocycles. The van der Waals surface area contributed by atoms with Crippen LogP contribution in [-0.4, -0.2) is 13.0 Å². The highest BCUT2D eigenvalue weighted by atomic mass is 35.5. The Kier molecular flexibility index (Phi) is 5.90. The molecule has 2 heterocycles. The van der Waals surface area contributed by atoms with Gasteiger partial charge in [-0.15, -0.1) is 22.7 Å². The lowest BCUT2D eigenvalue weighted by molar-refractivity contribution is 0.102. The number of benzene rings is 1. The second-order valence-electron chi connectivity index (χ2n) is 6.65. The number of nitrogens with one attached hydrogen (secondary N) is 2. The Hall–Kier alpha value is -2.02. The first-order chi connectivity index (χ1) is 13.7. The fraction of sp³-hybridized carbons (Fsp3) is 0.286. The molecule has 0 fully saturated rings. The third kappa shape index (κ3) is 4.04. The van der Waals surface area contributed by atoms with E-state index in [4.69, 9.17) is 16.3 Å². The predicted molar refractivity (Wildman–Crippen MR) is 119 cm³/mol. The van der Waals surface area contributed by atoms with Crippen molar-refractivity contribution in [3.05, 3.63) is 61.6 Å². The Bertz CT molecular complexity index is 983. The molecule has 0 saturated heterocycles. The van der Waals surface area contributed by atoms with Gasteiger partial charge in [0.05, 0.1) is 24.9 Å². The first kappa shape index (κ1) is 19.3. The number of ether oxygens (including phenoxy) is 1. The molecule has 2 aromatic heterocycles. The van der Waals surface area contributed by atoms with Crippen LogP contribution < -0.4 is 15.4 Å². The average molecular weight is 433 g/mol. The number of carbonyl (C=O) groups is 1. The number of amides is 1. The predicted octanol–water partition coefficient (Wildman–Crippen LogP) is 6.21. The van der Waals surface area contributed by atoms with E-state index in [1.807, 2.05) is 6.07 Å². The van der Waals surface area contributed by atoms with Gasteiger partial charge >= 0.3 is 0 Å². The number of hydrogen-bond acceptors (Lipinski definition) is 5. The largest absolute Gasteiger partial charge is 0.495 e. The van der Waals surface area contributed by atoms with E-state index < -0.39 is 0 Å². The molecule has 0 atom stereocenters. The highest BCUT2D eigenvalue weighted by molar-refractivity contribution is 7.16. The number of rotatable bonds is 6. The molecule has 7 heteroatoms. The van der Waals surface area contributed by atoms with Crippen LogP contribution in [-0.2, 0) is 19.4 Å². The highest BCUT2D eigenvalue weighted by Gasteiger charge is 2.26. The van der Waals surface area contributed by atoms with Gasteiger partial charge in [-0.3, -0.25) is 4.79 Å². The van der Waals surface area contributed by atoms with E-state index in [0.29, 0.717) is 16.5 Å². The molecule has 2 N–H and O–H groups in total. The van der Waals surface area contributed by atoms with E-state index >= 15 is 0 Å². The van der Waals surface area contributed by atoms with Gasteiger partial charge in [0.25, 0.3) is 5.91 Å². The van der Waals surface area contributed by atoms with Crippen LogP contribution in [0.15, 0.2) is 35.7 Å². The number of hydrogen-bond donors (Lipinski definition) is 2. The maximum atomic E-state index is 13.3. The molecule has 146 valence electrons. The van der Waals surface area contributed by atoms with E-state index in [1.54, 1.807) is 48.0 Å². The van der Waals surface area contributed by atoms with Crippen molar-refractivity contribution in [1.82, 2.24) is 0 Å². The number of thiophene rings is 2. The van der Waals surface area contributed by atoms with Crippen LogP contribution in [0.4, 0.5) is 10.7 Å². The Labute approximate surface area is 177 Å². The smallest absolute Gasteiger partial charge is 0.259 e. The third-order valence-corrected chi connectivity index (χ3v) is 7.17. The van der Waals surface area contributed by atoms with Crippen molar-refractivity contribution in [3.63, 3.8) is 0 Å². The second-order valence-corrected chi connectivity index (χ2v) is 9.22. The lowest BCUT2D eigenvalue weighted by Gasteiger charge is -2.15. The molecule has 0 bridgehead atoms. The van der Waals surface area contributed by atoms with Gasteiger partial charge in [-0.2, -0.15) is 0 Å². The number of carbonyl (C=O) groups excluding carboxylic acids is 1. The minimum atomic E-state index is -0.117. The van der Waals surface area contributed by atoms with Gasteiger partial charge in [-0.1, -0.05) is 17.7 Å². The van der Waals surface area contributed by atoms with E-state index in [-0.39, 0.29) is 5.91 Å². The van der Waals surface area contributed by atoms with Crippen LogP contribution in [0.2, 0.25) is 5.02 Å². The zero-order chi connectivity index (χ0) is 19.5. The monoisotopic (exact) mass is 432 g/mol. The molecule has 4 nitrogen and oxygen atoms in total. The zero-order valence-corrected chi connectivity index (χ0v) is 17.9. The van der Waals surface area contributed by atoms with Gasteiger partial charge in [-0.25, -0.2) is 0 Å². The van der Waals surface area contributed by atoms with Gasteiger partial charge in [-0.05, 0) is 60.9 Å². The summed E-state index contributed by atoms with van der Waals surface area (Å²) < 4.78 is 5.37. The Morgan fingerprint density at radius 3 is 2.89 bits per heavy atom. The Morgan fingerprint density at radius 2 is 2.11 bits per heavy atom. The van der Waals surface area contributed by atoms with Gasteiger partial charge in [0.1, 0.15) is 10.8 Å². The Morgan fingerprint density at radius 1 is 1.25 bits per heavy atom. The summed E-state index contributed by atoms with van der Waals surface area (Å²) in [5.41, 5.74) is 2.53. The molecule has 4 rings (SSSR count). The van der Waals surface area contributed by atoms with E-state index in [9.17, 15) is 4.79 Å². The fourth-order valence-electron chi connectivity index (χ4n) is 3.47. The molecule has 28 heavy (non-hydrogen) atoms. The molecule has 0 radical (unpaired) electrons. The number of fused-ring (bicyclic) bond motifs is 1. The van der Waals surface area contributed by atoms with Crippen molar-refractivity contribution in [3.8, 4) is 5.75 Å². The molecular formula is C21H21ClN2O2S2. The number of halogens is 1. The number of anilines is 2. The van der Waals surface area contributed by atoms with Crippen molar-refractivity contribution in [2.24, 2.45) is 0 Å². The summed E-state index contributed by atoms with van der Waals surface area (Å²) in [7, 11) is 1.58. The highest BCUT2D eigenvalue weighted by Crippen LogP contribution is 2.39. The van der Waals surface area contributed by atoms with Crippen molar-refractivity contribution >= 4 is 50.9 Å². The molecule has 0 spiro atoms. The lowest BCUT2D eigenvalue weighted by atomic mass is 9.95. The van der Waals surface area contributed by atoms with Gasteiger partial charge < -0.3 is 15.4 Å². The molecule has 1 aromatic carbocycles. The fourth-order valence-corrected chi connectivity index (χ4v) is 5.57. The molecule has 0 unspecified atom stereocenters. The van der Waals surface area contributed by atoms with E-state index in [0.717, 1.165) is 36.4 Å². The maximum Gasteiger partial charge on any atom is 0.259 e. The number of methoxy groups -OCH3 is 1. The number of aryl methyl sites for hydroxylation is 1. The summed E-state index contributed by atoms with van der Waals surface area (Å²) in [6, 6.07) is 9.37. The maximum absolute atomic E-state index is 13.3. The first-order valence-electron chi connectivity index (χ1n) is 9.21. The second kappa shape index (κ2) is 8.55. The Balaban J connectivity index is 1.64. The van der Waals surface area contributed by atoms with Gasteiger partial charge in [0.15, 0.2) is 0 Å². The first-order valence-corrected chi connectivity index (χ1v) is 11.3. The van der Waals surface area contributed by atoms with Crippen LogP contribution in [0.5, 0.6) is 5.75 Å². The molecule has 1 aliphatic rings. The summed E-state index contributed by atoms with van der Waals surface area (Å²) in [6.45, 7) is 0.720. The van der Waals surface area contributed by atoms with Crippen LogP contribution >= 0.6 is 34.3 Å². The molecule has 1 amide bonds. The van der Waals surface area contributed by atoms with Crippen molar-refractivity contribution in [2.75, 3.05) is 17.7 Å². The minimum absolute atomic E-state index is 0.117. The normalized spacial score (nSPS) is 13.1. The summed E-state index contributed by atoms with van der Waals surface area (Å²) in [4.78, 5) is 15.8. The summed E-state index contributed by atoms with van der Waals surface area (Å²) in [6.07, 6.45) is 4.29. The van der Waals surface area contributed by atoms with E-state index in [2.05, 4.69) is 22.1 Å². The van der Waals surface area contributed by atoms with Crippen molar-refractivity contribution in [1.29, 1.82) is 0 Å².